The Morgan fingerprint density at radius 3 is 2.53 bits per heavy atom. The van der Waals surface area contributed by atoms with Crippen molar-refractivity contribution in [1.82, 2.24) is 25.1 Å². The molecule has 12 heteroatoms. The molecule has 32 heavy (non-hydrogen) atoms. The SMILES string of the molecule is CCN(C(=O)c1ccc(F)cc1-c1nnc(C)o1)[C@@H](C)CNc1cnc(C(F)(F)F)cn1. The second-order valence-electron chi connectivity index (χ2n) is 6.92. The molecule has 1 atom stereocenters. The summed E-state index contributed by atoms with van der Waals surface area (Å²) in [6.07, 6.45) is -2.97. The van der Waals surface area contributed by atoms with E-state index in [2.05, 4.69) is 25.5 Å². The van der Waals surface area contributed by atoms with Crippen LogP contribution in [0.1, 0.15) is 35.8 Å². The third-order valence-electron chi connectivity index (χ3n) is 4.62. The third kappa shape index (κ3) is 5.18. The number of carbonyl (C=O) groups excluding carboxylic acids is 1. The van der Waals surface area contributed by atoms with Gasteiger partial charge in [0.25, 0.3) is 5.91 Å². The Morgan fingerprint density at radius 2 is 1.97 bits per heavy atom. The molecule has 3 aromatic rings. The zero-order chi connectivity index (χ0) is 23.5. The molecule has 0 saturated heterocycles. The van der Waals surface area contributed by atoms with Gasteiger partial charge in [-0.3, -0.25) is 4.79 Å². The molecule has 0 aliphatic heterocycles. The average molecular weight is 452 g/mol. The van der Waals surface area contributed by atoms with E-state index in [4.69, 9.17) is 4.42 Å². The number of rotatable bonds is 7. The van der Waals surface area contributed by atoms with Gasteiger partial charge in [0, 0.05) is 26.1 Å². The number of amides is 1. The van der Waals surface area contributed by atoms with Crippen molar-refractivity contribution in [3.8, 4) is 11.5 Å². The fourth-order valence-electron chi connectivity index (χ4n) is 3.02. The third-order valence-corrected chi connectivity index (χ3v) is 4.62. The lowest BCUT2D eigenvalue weighted by atomic mass is 10.0. The van der Waals surface area contributed by atoms with Crippen molar-refractivity contribution < 1.29 is 26.8 Å². The van der Waals surface area contributed by atoms with Crippen LogP contribution >= 0.6 is 0 Å². The number of nitrogens with one attached hydrogen (secondary N) is 1. The monoisotopic (exact) mass is 452 g/mol. The molecule has 1 amide bonds. The first kappa shape index (κ1) is 23.1. The van der Waals surface area contributed by atoms with Crippen molar-refractivity contribution in [2.45, 2.75) is 33.0 Å². The number of carbonyl (C=O) groups is 1. The predicted molar refractivity (Wildman–Crippen MR) is 106 cm³/mol. The van der Waals surface area contributed by atoms with Gasteiger partial charge in [-0.15, -0.1) is 10.2 Å². The van der Waals surface area contributed by atoms with E-state index in [0.717, 1.165) is 18.3 Å². The molecule has 3 rings (SSSR count). The van der Waals surface area contributed by atoms with Crippen LogP contribution in [0, 0.1) is 12.7 Å². The fraction of sp³-hybridized carbons (Fsp3) is 0.350. The summed E-state index contributed by atoms with van der Waals surface area (Å²) in [4.78, 5) is 21.8. The average Bonchev–Trinajstić information content (AvgIpc) is 3.18. The second-order valence-corrected chi connectivity index (χ2v) is 6.92. The number of aryl methyl sites for hydroxylation is 1. The molecule has 2 heterocycles. The van der Waals surface area contributed by atoms with Gasteiger partial charge in [0.1, 0.15) is 11.6 Å². The number of nitrogens with zero attached hydrogens (tertiary/aromatic N) is 5. The quantitative estimate of drug-likeness (QED) is 0.542. The number of halogens is 4. The van der Waals surface area contributed by atoms with Crippen LogP contribution in [0.3, 0.4) is 0 Å². The van der Waals surface area contributed by atoms with Crippen LogP contribution < -0.4 is 5.32 Å². The summed E-state index contributed by atoms with van der Waals surface area (Å²) in [5.41, 5.74) is -0.748. The molecule has 0 aliphatic rings. The highest BCUT2D eigenvalue weighted by Crippen LogP contribution is 2.27. The lowest BCUT2D eigenvalue weighted by molar-refractivity contribution is -0.141. The molecule has 2 aromatic heterocycles. The summed E-state index contributed by atoms with van der Waals surface area (Å²) in [6.45, 7) is 5.61. The molecule has 170 valence electrons. The predicted octanol–water partition coefficient (Wildman–Crippen LogP) is 3.96. The van der Waals surface area contributed by atoms with Gasteiger partial charge >= 0.3 is 6.18 Å². The van der Waals surface area contributed by atoms with Crippen LogP contribution in [0.25, 0.3) is 11.5 Å². The topological polar surface area (TPSA) is 97.0 Å². The summed E-state index contributed by atoms with van der Waals surface area (Å²) < 4.78 is 57.0. The highest BCUT2D eigenvalue weighted by Gasteiger charge is 2.32. The molecule has 0 spiro atoms. The van der Waals surface area contributed by atoms with Crippen LogP contribution in [0.4, 0.5) is 23.4 Å². The maximum absolute atomic E-state index is 13.8. The molecule has 1 aromatic carbocycles. The first-order valence-corrected chi connectivity index (χ1v) is 9.64. The van der Waals surface area contributed by atoms with Gasteiger partial charge in [0.2, 0.25) is 11.8 Å². The number of anilines is 1. The Balaban J connectivity index is 1.76. The van der Waals surface area contributed by atoms with E-state index in [9.17, 15) is 22.4 Å². The smallest absolute Gasteiger partial charge is 0.421 e. The van der Waals surface area contributed by atoms with E-state index in [1.165, 1.54) is 11.0 Å². The minimum Gasteiger partial charge on any atom is -0.421 e. The molecule has 0 unspecified atom stereocenters. The molecule has 0 radical (unpaired) electrons. The Hall–Kier alpha value is -3.57. The summed E-state index contributed by atoms with van der Waals surface area (Å²) in [6, 6.07) is 3.26. The minimum atomic E-state index is -4.58. The Bertz CT molecular complexity index is 1080. The van der Waals surface area contributed by atoms with Crippen molar-refractivity contribution in [2.75, 3.05) is 18.4 Å². The maximum Gasteiger partial charge on any atom is 0.434 e. The molecule has 0 saturated carbocycles. The lowest BCUT2D eigenvalue weighted by Gasteiger charge is -2.29. The van der Waals surface area contributed by atoms with Crippen LogP contribution in [-0.4, -0.2) is 50.1 Å². The first-order chi connectivity index (χ1) is 15.1. The number of aromatic nitrogens is 4. The summed E-state index contributed by atoms with van der Waals surface area (Å²) in [5, 5.41) is 10.5. The van der Waals surface area contributed by atoms with E-state index >= 15 is 0 Å². The normalized spacial score (nSPS) is 12.5. The van der Waals surface area contributed by atoms with E-state index < -0.39 is 23.6 Å². The minimum absolute atomic E-state index is 0.0206. The molecular formula is C20H20F4N6O2. The Labute approximate surface area is 180 Å². The fourth-order valence-corrected chi connectivity index (χ4v) is 3.02. The van der Waals surface area contributed by atoms with Gasteiger partial charge in [0.05, 0.1) is 23.5 Å². The van der Waals surface area contributed by atoms with E-state index in [1.54, 1.807) is 20.8 Å². The molecule has 8 nitrogen and oxygen atoms in total. The largest absolute Gasteiger partial charge is 0.434 e. The molecule has 1 N–H and O–H groups in total. The summed E-state index contributed by atoms with van der Waals surface area (Å²) in [5.74, 6) is -0.535. The van der Waals surface area contributed by atoms with Crippen LogP contribution in [0.2, 0.25) is 0 Å². The van der Waals surface area contributed by atoms with Gasteiger partial charge in [-0.25, -0.2) is 14.4 Å². The van der Waals surface area contributed by atoms with E-state index in [0.29, 0.717) is 12.7 Å². The highest BCUT2D eigenvalue weighted by atomic mass is 19.4. The zero-order valence-electron chi connectivity index (χ0n) is 17.4. The maximum atomic E-state index is 13.8. The lowest BCUT2D eigenvalue weighted by Crippen LogP contribution is -2.42. The number of hydrogen-bond donors (Lipinski definition) is 1. The molecular weight excluding hydrogens is 432 g/mol. The van der Waals surface area contributed by atoms with Crippen LogP contribution in [0.15, 0.2) is 35.0 Å². The number of benzene rings is 1. The number of hydrogen-bond acceptors (Lipinski definition) is 7. The summed E-state index contributed by atoms with van der Waals surface area (Å²) >= 11 is 0. The molecule has 0 fully saturated rings. The van der Waals surface area contributed by atoms with Crippen LogP contribution in [-0.2, 0) is 6.18 Å². The molecule has 0 bridgehead atoms. The van der Waals surface area contributed by atoms with E-state index in [1.807, 2.05) is 0 Å². The van der Waals surface area contributed by atoms with E-state index in [-0.39, 0.29) is 41.3 Å². The highest BCUT2D eigenvalue weighted by molar-refractivity contribution is 6.00. The molecule has 0 aliphatic carbocycles. The van der Waals surface area contributed by atoms with Gasteiger partial charge in [-0.05, 0) is 32.0 Å². The van der Waals surface area contributed by atoms with Gasteiger partial charge < -0.3 is 14.6 Å². The van der Waals surface area contributed by atoms with Gasteiger partial charge in [0.15, 0.2) is 5.69 Å². The van der Waals surface area contributed by atoms with Crippen molar-refractivity contribution in [1.29, 1.82) is 0 Å². The standard InChI is InChI=1S/C20H20F4N6O2/c1-4-30(11(2)8-26-17-10-25-16(9-27-17)20(22,23)24)19(31)14-6-5-13(21)7-15(14)18-29-28-12(3)32-18/h5-7,9-11H,4,8H2,1-3H3,(H,26,27)/t11-/m0/s1. The van der Waals surface area contributed by atoms with Gasteiger partial charge in [-0.2, -0.15) is 13.2 Å². The Kier molecular flexibility index (Phi) is 6.70. The van der Waals surface area contributed by atoms with Crippen molar-refractivity contribution >= 4 is 11.7 Å². The number of likely N-dealkylation sites (N-methyl/N-ethyl adjacent to an activating group) is 1. The van der Waals surface area contributed by atoms with Crippen molar-refractivity contribution in [3.05, 3.63) is 53.6 Å². The van der Waals surface area contributed by atoms with Crippen LogP contribution in [0.5, 0.6) is 0 Å². The van der Waals surface area contributed by atoms with Crippen molar-refractivity contribution in [3.63, 3.8) is 0 Å². The summed E-state index contributed by atoms with van der Waals surface area (Å²) in [7, 11) is 0. The van der Waals surface area contributed by atoms with Gasteiger partial charge in [-0.1, -0.05) is 0 Å². The first-order valence-electron chi connectivity index (χ1n) is 9.64. The Morgan fingerprint density at radius 1 is 1.22 bits per heavy atom. The number of alkyl halides is 3. The van der Waals surface area contributed by atoms with Crippen molar-refractivity contribution in [2.24, 2.45) is 0 Å². The second kappa shape index (κ2) is 9.28. The zero-order valence-corrected chi connectivity index (χ0v) is 17.4.